The van der Waals surface area contributed by atoms with Crippen molar-refractivity contribution in [2.24, 2.45) is 0 Å². The van der Waals surface area contributed by atoms with Crippen LogP contribution in [-0.2, 0) is 25.7 Å². The fourth-order valence-electron chi connectivity index (χ4n) is 6.18. The summed E-state index contributed by atoms with van der Waals surface area (Å²) in [4.78, 5) is 63.0. The van der Waals surface area contributed by atoms with Gasteiger partial charge in [-0.2, -0.15) is 0 Å². The number of ketones is 1. The van der Waals surface area contributed by atoms with Crippen molar-refractivity contribution in [3.05, 3.63) is 84.2 Å². The van der Waals surface area contributed by atoms with Crippen molar-refractivity contribution in [1.29, 1.82) is 0 Å². The minimum absolute atomic E-state index is 0.147. The van der Waals surface area contributed by atoms with E-state index in [1.165, 1.54) is 4.90 Å². The molecule has 1 saturated heterocycles. The van der Waals surface area contributed by atoms with Crippen LogP contribution in [0.3, 0.4) is 0 Å². The highest BCUT2D eigenvalue weighted by molar-refractivity contribution is 6.52. The largest absolute Gasteiger partial charge is 0.378 e. The molecule has 0 radical (unpaired) electrons. The Morgan fingerprint density at radius 3 is 2.40 bits per heavy atom. The number of hydrogen-bond acceptors (Lipinski definition) is 7. The van der Waals surface area contributed by atoms with Gasteiger partial charge in [0.25, 0.3) is 11.7 Å². The predicted molar refractivity (Wildman–Crippen MR) is 157 cm³/mol. The molecule has 0 spiro atoms. The predicted octanol–water partition coefficient (Wildman–Crippen LogP) is 3.43. The Bertz CT molecular complexity index is 1480. The van der Waals surface area contributed by atoms with Crippen molar-refractivity contribution >= 4 is 40.6 Å². The molecule has 3 amide bonds. The highest BCUT2D eigenvalue weighted by atomic mass is 16.5. The second-order valence-electron chi connectivity index (χ2n) is 10.9. The van der Waals surface area contributed by atoms with E-state index >= 15 is 0 Å². The molecule has 2 fully saturated rings. The molecule has 0 atom stereocenters. The van der Waals surface area contributed by atoms with Gasteiger partial charge in [-0.25, -0.2) is 0 Å². The average Bonchev–Trinajstić information content (AvgIpc) is 3.62. The topological polar surface area (TPSA) is 112 Å². The standard InChI is InChI=1S/C32H33N5O5/c38-28(22-36-27-8-2-1-7-26(27)29(39)30(36)40)37(21-23-6-5-15-33-20-23)32(13-3-4-14-32)31(41)34-24-9-11-25(12-10-24)35-16-18-42-19-17-35/h1-2,5-12,15,20H,3-4,13-14,16-19,21-22H2,(H,34,41). The van der Waals surface area contributed by atoms with Crippen LogP contribution >= 0.6 is 0 Å². The first kappa shape index (κ1) is 27.6. The van der Waals surface area contributed by atoms with Crippen LogP contribution in [0.4, 0.5) is 17.1 Å². The van der Waals surface area contributed by atoms with Gasteiger partial charge in [-0.3, -0.25) is 29.1 Å². The smallest absolute Gasteiger partial charge is 0.299 e. The number of amides is 3. The molecule has 6 rings (SSSR count). The van der Waals surface area contributed by atoms with E-state index in [0.717, 1.165) is 37.2 Å². The van der Waals surface area contributed by atoms with Crippen LogP contribution in [-0.4, -0.2) is 71.8 Å². The number of anilines is 3. The molecule has 3 heterocycles. The molecule has 1 N–H and O–H groups in total. The Kier molecular flexibility index (Phi) is 7.71. The summed E-state index contributed by atoms with van der Waals surface area (Å²) in [6.45, 7) is 2.81. The third kappa shape index (κ3) is 5.25. The number of hydrogen-bond donors (Lipinski definition) is 1. The Hall–Kier alpha value is -4.57. The number of rotatable bonds is 8. The third-order valence-electron chi connectivity index (χ3n) is 8.41. The van der Waals surface area contributed by atoms with Gasteiger partial charge in [0.1, 0.15) is 12.1 Å². The molecule has 0 bridgehead atoms. The normalized spacial score (nSPS) is 17.7. The van der Waals surface area contributed by atoms with Crippen molar-refractivity contribution in [2.45, 2.75) is 37.8 Å². The first-order valence-corrected chi connectivity index (χ1v) is 14.4. The van der Waals surface area contributed by atoms with Crippen molar-refractivity contribution < 1.29 is 23.9 Å². The van der Waals surface area contributed by atoms with E-state index in [1.54, 1.807) is 47.6 Å². The number of nitrogens with zero attached hydrogens (tertiary/aromatic N) is 4. The van der Waals surface area contributed by atoms with Crippen LogP contribution in [0.5, 0.6) is 0 Å². The number of carbonyl (C=O) groups is 4. The fourth-order valence-corrected chi connectivity index (χ4v) is 6.18. The number of morpholine rings is 1. The van der Waals surface area contributed by atoms with Crippen LogP contribution in [0, 0.1) is 0 Å². The van der Waals surface area contributed by atoms with Gasteiger partial charge in [0.15, 0.2) is 0 Å². The number of nitrogens with one attached hydrogen (secondary N) is 1. The van der Waals surface area contributed by atoms with Crippen molar-refractivity contribution in [3.63, 3.8) is 0 Å². The van der Waals surface area contributed by atoms with Crippen LogP contribution in [0.2, 0.25) is 0 Å². The first-order valence-electron chi connectivity index (χ1n) is 14.4. The summed E-state index contributed by atoms with van der Waals surface area (Å²) >= 11 is 0. The number of fused-ring (bicyclic) bond motifs is 1. The Morgan fingerprint density at radius 1 is 0.952 bits per heavy atom. The molecule has 1 aromatic heterocycles. The molecule has 216 valence electrons. The van der Waals surface area contributed by atoms with E-state index in [2.05, 4.69) is 15.2 Å². The Morgan fingerprint density at radius 2 is 1.69 bits per heavy atom. The van der Waals surface area contributed by atoms with Gasteiger partial charge in [-0.15, -0.1) is 0 Å². The van der Waals surface area contributed by atoms with Gasteiger partial charge in [0.05, 0.1) is 24.5 Å². The third-order valence-corrected chi connectivity index (χ3v) is 8.41. The molecule has 2 aliphatic heterocycles. The molecular formula is C32H33N5O5. The molecule has 3 aliphatic rings. The van der Waals surface area contributed by atoms with Gasteiger partial charge < -0.3 is 19.9 Å². The van der Waals surface area contributed by atoms with E-state index in [4.69, 9.17) is 4.74 Å². The molecule has 10 nitrogen and oxygen atoms in total. The number of pyridine rings is 1. The quantitative estimate of drug-likeness (QED) is 0.415. The number of ether oxygens (including phenoxy) is 1. The molecular weight excluding hydrogens is 534 g/mol. The summed E-state index contributed by atoms with van der Waals surface area (Å²) in [6, 6.07) is 18.0. The van der Waals surface area contributed by atoms with Gasteiger partial charge in [-0.1, -0.05) is 31.0 Å². The molecule has 0 unspecified atom stereocenters. The maximum atomic E-state index is 14.1. The lowest BCUT2D eigenvalue weighted by molar-refractivity contribution is -0.145. The maximum absolute atomic E-state index is 14.1. The van der Waals surface area contributed by atoms with Crippen molar-refractivity contribution in [1.82, 2.24) is 9.88 Å². The lowest BCUT2D eigenvalue weighted by Crippen LogP contribution is -2.59. The zero-order chi connectivity index (χ0) is 29.1. The van der Waals surface area contributed by atoms with E-state index < -0.39 is 23.1 Å². The molecule has 2 aromatic carbocycles. The van der Waals surface area contributed by atoms with E-state index in [1.807, 2.05) is 30.3 Å². The zero-order valence-corrected chi connectivity index (χ0v) is 23.3. The second-order valence-corrected chi connectivity index (χ2v) is 10.9. The fraction of sp³-hybridized carbons (Fsp3) is 0.344. The number of carbonyl (C=O) groups excluding carboxylic acids is 4. The summed E-state index contributed by atoms with van der Waals surface area (Å²) in [6.07, 6.45) is 5.86. The highest BCUT2D eigenvalue weighted by Gasteiger charge is 2.49. The van der Waals surface area contributed by atoms with Crippen LogP contribution in [0.25, 0.3) is 0 Å². The summed E-state index contributed by atoms with van der Waals surface area (Å²) in [5.41, 5.74) is 2.04. The average molecular weight is 568 g/mol. The van der Waals surface area contributed by atoms with E-state index in [-0.39, 0.29) is 24.6 Å². The Balaban J connectivity index is 1.27. The summed E-state index contributed by atoms with van der Waals surface area (Å²) in [7, 11) is 0. The number of Topliss-reactive ketones (excluding diaryl/α,β-unsaturated/α-hetero) is 1. The number of aromatic nitrogens is 1. The minimum atomic E-state index is -1.12. The van der Waals surface area contributed by atoms with E-state index in [0.29, 0.717) is 37.4 Å². The zero-order valence-electron chi connectivity index (χ0n) is 23.3. The second kappa shape index (κ2) is 11.7. The SMILES string of the molecule is O=C1C(=O)N(CC(=O)N(Cc2cccnc2)C2(C(=O)Nc3ccc(N4CCOCC4)cc3)CCCC2)c2ccccc21. The van der Waals surface area contributed by atoms with Crippen LogP contribution < -0.4 is 15.1 Å². The van der Waals surface area contributed by atoms with Crippen molar-refractivity contribution in [2.75, 3.05) is 48.0 Å². The lowest BCUT2D eigenvalue weighted by Gasteiger charge is -2.41. The lowest BCUT2D eigenvalue weighted by atomic mass is 9.92. The van der Waals surface area contributed by atoms with Crippen molar-refractivity contribution in [3.8, 4) is 0 Å². The highest BCUT2D eigenvalue weighted by Crippen LogP contribution is 2.38. The van der Waals surface area contributed by atoms with Gasteiger partial charge in [0.2, 0.25) is 11.8 Å². The molecule has 1 saturated carbocycles. The first-order chi connectivity index (χ1) is 20.5. The molecule has 3 aromatic rings. The van der Waals surface area contributed by atoms with Gasteiger partial charge in [-0.05, 0) is 60.9 Å². The van der Waals surface area contributed by atoms with Gasteiger partial charge in [0, 0.05) is 43.4 Å². The van der Waals surface area contributed by atoms with E-state index in [9.17, 15) is 19.2 Å². The number of benzene rings is 2. The van der Waals surface area contributed by atoms with Crippen LogP contribution in [0.1, 0.15) is 41.6 Å². The molecule has 42 heavy (non-hydrogen) atoms. The molecule has 10 heteroatoms. The van der Waals surface area contributed by atoms with Crippen LogP contribution in [0.15, 0.2) is 73.1 Å². The van der Waals surface area contributed by atoms with Gasteiger partial charge >= 0.3 is 0 Å². The summed E-state index contributed by atoms with van der Waals surface area (Å²) < 4.78 is 5.45. The minimum Gasteiger partial charge on any atom is -0.378 e. The summed E-state index contributed by atoms with van der Waals surface area (Å²) in [5.74, 6) is -2.04. The summed E-state index contributed by atoms with van der Waals surface area (Å²) in [5, 5.41) is 3.07. The molecule has 1 aliphatic carbocycles. The monoisotopic (exact) mass is 567 g/mol. The maximum Gasteiger partial charge on any atom is 0.299 e. The number of para-hydroxylation sites is 1. The Labute approximate surface area is 244 Å².